The average Bonchev–Trinajstić information content (AvgIpc) is 3.39. The number of fused-ring (bicyclic) bond motifs is 14. The van der Waals surface area contributed by atoms with Crippen LogP contribution in [0, 0.1) is 59.2 Å². The van der Waals surface area contributed by atoms with E-state index in [0.29, 0.717) is 19.3 Å². The Morgan fingerprint density at radius 3 is 1.29 bits per heavy atom. The molecule has 8 unspecified atom stereocenters. The van der Waals surface area contributed by atoms with E-state index >= 15 is 0 Å². The van der Waals surface area contributed by atoms with Gasteiger partial charge in [-0.05, 0) is 37.0 Å². The van der Waals surface area contributed by atoms with Gasteiger partial charge < -0.3 is 18.9 Å². The molecule has 0 aromatic rings. The summed E-state index contributed by atoms with van der Waals surface area (Å²) in [5.74, 6) is -9.21. The van der Waals surface area contributed by atoms with E-state index in [9.17, 15) is 38.4 Å². The van der Waals surface area contributed by atoms with Crippen molar-refractivity contribution in [1.29, 1.82) is 0 Å². The van der Waals surface area contributed by atoms with Crippen molar-refractivity contribution in [3.05, 3.63) is 0 Å². The first-order valence-electron chi connectivity index (χ1n) is 11.2. The molecule has 3 saturated carbocycles. The smallest absolute Gasteiger partial charge is 0.317 e. The van der Waals surface area contributed by atoms with E-state index in [-0.39, 0.29) is 18.3 Å². The predicted octanol–water partition coefficient (Wildman–Crippen LogP) is -0.930. The number of esters is 8. The van der Waals surface area contributed by atoms with Gasteiger partial charge >= 0.3 is 47.8 Å². The van der Waals surface area contributed by atoms with E-state index in [2.05, 4.69) is 9.47 Å². The Balaban J connectivity index is 0.000000129. The highest BCUT2D eigenvalue weighted by atomic mass is 16.6. The molecule has 12 nitrogen and oxygen atoms in total. The second kappa shape index (κ2) is 7.03. The molecule has 7 fully saturated rings. The van der Waals surface area contributed by atoms with Crippen LogP contribution >= 0.6 is 0 Å². The summed E-state index contributed by atoms with van der Waals surface area (Å²) in [6, 6.07) is 0. The molecular weight excluding hydrogens is 456 g/mol. The number of hydrogen-bond acceptors (Lipinski definition) is 12. The molecule has 0 aromatic heterocycles. The minimum Gasteiger partial charge on any atom is -0.393 e. The third-order valence-electron chi connectivity index (χ3n) is 8.55. The van der Waals surface area contributed by atoms with Gasteiger partial charge in [0.05, 0.1) is 47.8 Å². The van der Waals surface area contributed by atoms with E-state index in [0.717, 1.165) is 0 Å². The highest BCUT2D eigenvalue weighted by Gasteiger charge is 2.67. The van der Waals surface area contributed by atoms with Crippen LogP contribution in [0.3, 0.4) is 0 Å². The maximum Gasteiger partial charge on any atom is 0.317 e. The molecule has 7 aliphatic rings. The number of rotatable bonds is 0. The van der Waals surface area contributed by atoms with Crippen molar-refractivity contribution < 1.29 is 57.3 Å². The SMILES string of the molecule is O=C1CC2C3CC(C(=O)OC3=O)C2C(=O)O1.O=C1OC(=O)C2CC1C1C3CC(C(=O)OC3=O)C21. The maximum absolute atomic E-state index is 11.7. The zero-order valence-electron chi connectivity index (χ0n) is 17.5. The molecule has 0 radical (unpaired) electrons. The first-order valence-corrected chi connectivity index (χ1v) is 11.2. The van der Waals surface area contributed by atoms with Crippen LogP contribution in [0.4, 0.5) is 0 Å². The fourth-order valence-electron chi connectivity index (χ4n) is 7.25. The third-order valence-corrected chi connectivity index (χ3v) is 8.55. The molecule has 7 rings (SSSR count). The standard InChI is InChI=1S/C12H10O6.C10H8O6/c13-9-3-1-4(10(14)17-9)8-6-2-5(7(3)8)11(15)18-12(6)16;11-6-2-3-4-1-5(7(3)10(14)15-6)9(13)16-8(4)12/h3-8H,1-2H2;3-5,7H,1-2H2. The molecular formula is C22H18O12. The van der Waals surface area contributed by atoms with E-state index in [1.807, 2.05) is 0 Å². The van der Waals surface area contributed by atoms with Gasteiger partial charge in [-0.3, -0.25) is 38.4 Å². The largest absolute Gasteiger partial charge is 0.393 e. The quantitative estimate of drug-likeness (QED) is 0.183. The Bertz CT molecular complexity index is 1020. The number of ether oxygens (including phenoxy) is 4. The fraction of sp³-hybridized carbons (Fsp3) is 0.636. The van der Waals surface area contributed by atoms with Gasteiger partial charge in [0.1, 0.15) is 0 Å². The summed E-state index contributed by atoms with van der Waals surface area (Å²) in [5.41, 5.74) is 0. The average molecular weight is 474 g/mol. The first kappa shape index (κ1) is 21.1. The highest BCUT2D eigenvalue weighted by molar-refractivity contribution is 6.00. The molecule has 0 spiro atoms. The molecule has 4 heterocycles. The molecule has 0 amide bonds. The monoisotopic (exact) mass is 474 g/mol. The van der Waals surface area contributed by atoms with E-state index in [1.54, 1.807) is 0 Å². The number of carbonyl (C=O) groups excluding carboxylic acids is 8. The molecule has 0 N–H and O–H groups in total. The lowest BCUT2D eigenvalue weighted by atomic mass is 9.83. The Labute approximate surface area is 190 Å². The van der Waals surface area contributed by atoms with E-state index < -0.39 is 95.1 Å². The van der Waals surface area contributed by atoms with Gasteiger partial charge in [-0.2, -0.15) is 0 Å². The number of cyclic esters (lactones) is 8. The predicted molar refractivity (Wildman–Crippen MR) is 97.8 cm³/mol. The van der Waals surface area contributed by atoms with Crippen LogP contribution in [-0.4, -0.2) is 47.8 Å². The number of carbonyl (C=O) groups is 8. The van der Waals surface area contributed by atoms with Crippen LogP contribution < -0.4 is 0 Å². The normalized spacial score (nSPS) is 45.4. The topological polar surface area (TPSA) is 173 Å². The summed E-state index contributed by atoms with van der Waals surface area (Å²) in [6.45, 7) is 0. The number of hydrogen-bond donors (Lipinski definition) is 0. The lowest BCUT2D eigenvalue weighted by Crippen LogP contribution is -2.38. The molecule has 3 aliphatic carbocycles. The summed E-state index contributed by atoms with van der Waals surface area (Å²) in [7, 11) is 0. The zero-order chi connectivity index (χ0) is 24.0. The van der Waals surface area contributed by atoms with Crippen molar-refractivity contribution in [2.24, 2.45) is 59.2 Å². The summed E-state index contributed by atoms with van der Waals surface area (Å²) in [4.78, 5) is 92.3. The lowest BCUT2D eigenvalue weighted by Gasteiger charge is -2.25. The van der Waals surface area contributed by atoms with Crippen LogP contribution in [0.1, 0.15) is 25.7 Å². The minimum absolute atomic E-state index is 0.0138. The van der Waals surface area contributed by atoms with E-state index in [1.165, 1.54) is 0 Å². The van der Waals surface area contributed by atoms with Gasteiger partial charge in [-0.25, -0.2) is 0 Å². The molecule has 6 bridgehead atoms. The van der Waals surface area contributed by atoms with Crippen molar-refractivity contribution in [3.8, 4) is 0 Å². The summed E-state index contributed by atoms with van der Waals surface area (Å²) < 4.78 is 18.5. The Morgan fingerprint density at radius 1 is 0.441 bits per heavy atom. The van der Waals surface area contributed by atoms with Crippen LogP contribution in [0.5, 0.6) is 0 Å². The lowest BCUT2D eigenvalue weighted by molar-refractivity contribution is -0.175. The zero-order valence-corrected chi connectivity index (χ0v) is 17.5. The molecule has 178 valence electrons. The second-order valence-corrected chi connectivity index (χ2v) is 9.91. The van der Waals surface area contributed by atoms with Gasteiger partial charge in [-0.1, -0.05) is 0 Å². The van der Waals surface area contributed by atoms with Crippen molar-refractivity contribution in [3.63, 3.8) is 0 Å². The Kier molecular flexibility index (Phi) is 4.37. The second-order valence-electron chi connectivity index (χ2n) is 9.91. The fourth-order valence-corrected chi connectivity index (χ4v) is 7.25. The molecule has 34 heavy (non-hydrogen) atoms. The van der Waals surface area contributed by atoms with Crippen LogP contribution in [0.25, 0.3) is 0 Å². The molecule has 0 aromatic carbocycles. The molecule has 8 atom stereocenters. The van der Waals surface area contributed by atoms with Crippen LogP contribution in [-0.2, 0) is 57.3 Å². The van der Waals surface area contributed by atoms with E-state index in [4.69, 9.17) is 9.47 Å². The minimum atomic E-state index is -0.694. The maximum atomic E-state index is 11.7. The van der Waals surface area contributed by atoms with Crippen molar-refractivity contribution in [2.75, 3.05) is 0 Å². The highest BCUT2D eigenvalue weighted by Crippen LogP contribution is 2.60. The van der Waals surface area contributed by atoms with Gasteiger partial charge in [-0.15, -0.1) is 0 Å². The van der Waals surface area contributed by atoms with Crippen LogP contribution in [0.15, 0.2) is 0 Å². The van der Waals surface area contributed by atoms with Gasteiger partial charge in [0, 0.05) is 0 Å². The Morgan fingerprint density at radius 2 is 0.824 bits per heavy atom. The summed E-state index contributed by atoms with van der Waals surface area (Å²) >= 11 is 0. The summed E-state index contributed by atoms with van der Waals surface area (Å²) in [6.07, 6.45) is 1.15. The van der Waals surface area contributed by atoms with Crippen molar-refractivity contribution >= 4 is 47.8 Å². The van der Waals surface area contributed by atoms with Gasteiger partial charge in [0.15, 0.2) is 0 Å². The summed E-state index contributed by atoms with van der Waals surface area (Å²) in [5, 5.41) is 0. The van der Waals surface area contributed by atoms with Gasteiger partial charge in [0.2, 0.25) is 0 Å². The molecule has 4 aliphatic heterocycles. The van der Waals surface area contributed by atoms with Crippen molar-refractivity contribution in [1.82, 2.24) is 0 Å². The molecule has 4 saturated heterocycles. The first-order chi connectivity index (χ1) is 16.2. The van der Waals surface area contributed by atoms with Gasteiger partial charge in [0.25, 0.3) is 0 Å². The molecule has 12 heteroatoms. The Hall–Kier alpha value is -3.44. The third kappa shape index (κ3) is 2.77. The van der Waals surface area contributed by atoms with Crippen molar-refractivity contribution in [2.45, 2.75) is 25.7 Å². The van der Waals surface area contributed by atoms with Crippen LogP contribution in [0.2, 0.25) is 0 Å².